The molecule has 0 aliphatic rings. The minimum absolute atomic E-state index is 0.181. The number of rotatable bonds is 3. The normalized spacial score (nSPS) is 11.5. The number of amides is 1. The molecule has 1 unspecified atom stereocenters. The number of halogens is 1. The van der Waals surface area contributed by atoms with E-state index in [0.29, 0.717) is 10.7 Å². The van der Waals surface area contributed by atoms with Crippen LogP contribution in [0.25, 0.3) is 0 Å². The number of aromatic nitrogens is 1. The Kier molecular flexibility index (Phi) is 4.07. The van der Waals surface area contributed by atoms with Crippen LogP contribution >= 0.6 is 11.6 Å². The van der Waals surface area contributed by atoms with Gasteiger partial charge >= 0.3 is 0 Å². The Morgan fingerprint density at radius 2 is 2.47 bits per heavy atom. The smallest absolute Gasteiger partial charge is 0.270 e. The highest BCUT2D eigenvalue weighted by molar-refractivity contribution is 6.30. The van der Waals surface area contributed by atoms with E-state index in [0.717, 1.165) is 0 Å². The topological polar surface area (TPSA) is 65.8 Å². The molecule has 5 heteroatoms. The van der Waals surface area contributed by atoms with Gasteiger partial charge in [-0.25, -0.2) is 4.98 Å². The summed E-state index contributed by atoms with van der Waals surface area (Å²) >= 11 is 5.63. The van der Waals surface area contributed by atoms with Crippen molar-refractivity contribution >= 4 is 17.5 Å². The number of pyridine rings is 1. The summed E-state index contributed by atoms with van der Waals surface area (Å²) in [7, 11) is 0. The van der Waals surface area contributed by atoms with Crippen LogP contribution in [0.4, 0.5) is 0 Å². The van der Waals surface area contributed by atoms with Crippen LogP contribution in [0.15, 0.2) is 18.3 Å². The molecule has 1 aromatic heterocycles. The molecule has 0 spiro atoms. The zero-order valence-corrected chi connectivity index (χ0v) is 8.95. The van der Waals surface area contributed by atoms with Crippen LogP contribution in [0.3, 0.4) is 0 Å². The van der Waals surface area contributed by atoms with Crippen LogP contribution in [0.2, 0.25) is 5.02 Å². The number of nitrogens with one attached hydrogen (secondary N) is 1. The second-order valence-electron chi connectivity index (χ2n) is 3.10. The van der Waals surface area contributed by atoms with Crippen molar-refractivity contribution in [1.29, 1.82) is 5.26 Å². The molecule has 0 aliphatic heterocycles. The van der Waals surface area contributed by atoms with Gasteiger partial charge in [0.05, 0.1) is 17.5 Å². The van der Waals surface area contributed by atoms with Crippen LogP contribution in [0.1, 0.15) is 23.8 Å². The summed E-state index contributed by atoms with van der Waals surface area (Å²) in [4.78, 5) is 15.4. The zero-order valence-electron chi connectivity index (χ0n) is 8.20. The summed E-state index contributed by atoms with van der Waals surface area (Å²) in [6.45, 7) is 1.76. The lowest BCUT2D eigenvalue weighted by Gasteiger charge is -2.09. The van der Waals surface area contributed by atoms with E-state index in [1.807, 2.05) is 6.07 Å². The molecule has 78 valence electrons. The van der Waals surface area contributed by atoms with Gasteiger partial charge in [0.2, 0.25) is 0 Å². The van der Waals surface area contributed by atoms with Crippen LogP contribution in [-0.2, 0) is 0 Å². The van der Waals surface area contributed by atoms with E-state index in [1.54, 1.807) is 13.0 Å². The summed E-state index contributed by atoms with van der Waals surface area (Å²) in [6.07, 6.45) is 1.69. The van der Waals surface area contributed by atoms with Crippen molar-refractivity contribution in [2.24, 2.45) is 0 Å². The van der Waals surface area contributed by atoms with Gasteiger partial charge in [-0.05, 0) is 19.1 Å². The molecule has 1 heterocycles. The van der Waals surface area contributed by atoms with Gasteiger partial charge in [-0.1, -0.05) is 11.6 Å². The highest BCUT2D eigenvalue weighted by Gasteiger charge is 2.10. The molecule has 0 radical (unpaired) electrons. The molecular weight excluding hydrogens is 214 g/mol. The molecule has 1 aromatic rings. The molecule has 0 bridgehead atoms. The summed E-state index contributed by atoms with van der Waals surface area (Å²) in [5, 5.41) is 11.6. The Balaban J connectivity index is 2.62. The summed E-state index contributed by atoms with van der Waals surface area (Å²) < 4.78 is 0. The van der Waals surface area contributed by atoms with Gasteiger partial charge in [0.1, 0.15) is 5.69 Å². The molecule has 1 atom stereocenters. The van der Waals surface area contributed by atoms with Gasteiger partial charge in [-0.15, -0.1) is 0 Å². The van der Waals surface area contributed by atoms with E-state index in [4.69, 9.17) is 16.9 Å². The minimum atomic E-state index is -0.297. The second-order valence-corrected chi connectivity index (χ2v) is 3.53. The predicted octanol–water partition coefficient (Wildman–Crippen LogP) is 1.77. The number of nitrogens with zero attached hydrogens (tertiary/aromatic N) is 2. The standard InChI is InChI=1S/C10H10ClN3O/c1-7(4-5-12)14-10(15)9-3-2-8(11)6-13-9/h2-3,6-7H,4H2,1H3,(H,14,15). The highest BCUT2D eigenvalue weighted by Crippen LogP contribution is 2.06. The van der Waals surface area contributed by atoms with E-state index in [2.05, 4.69) is 10.3 Å². The van der Waals surface area contributed by atoms with Crippen molar-refractivity contribution in [1.82, 2.24) is 10.3 Å². The SMILES string of the molecule is CC(CC#N)NC(=O)c1ccc(Cl)cn1. The van der Waals surface area contributed by atoms with Crippen molar-refractivity contribution in [3.05, 3.63) is 29.0 Å². The minimum Gasteiger partial charge on any atom is -0.347 e. The van der Waals surface area contributed by atoms with Gasteiger partial charge in [-0.2, -0.15) is 5.26 Å². The number of carbonyl (C=O) groups excluding carboxylic acids is 1. The molecule has 0 aliphatic carbocycles. The van der Waals surface area contributed by atoms with E-state index in [-0.39, 0.29) is 18.4 Å². The predicted molar refractivity (Wildman–Crippen MR) is 56.4 cm³/mol. The molecule has 4 nitrogen and oxygen atoms in total. The van der Waals surface area contributed by atoms with Crippen molar-refractivity contribution in [2.45, 2.75) is 19.4 Å². The van der Waals surface area contributed by atoms with Crippen molar-refractivity contribution in [3.63, 3.8) is 0 Å². The first-order valence-corrected chi connectivity index (χ1v) is 4.80. The number of hydrogen-bond acceptors (Lipinski definition) is 3. The Morgan fingerprint density at radius 3 is 3.00 bits per heavy atom. The third kappa shape index (κ3) is 3.56. The zero-order chi connectivity index (χ0) is 11.3. The molecule has 0 saturated heterocycles. The first kappa shape index (κ1) is 11.5. The molecule has 0 saturated carbocycles. The van der Waals surface area contributed by atoms with Gasteiger partial charge in [0, 0.05) is 12.2 Å². The summed E-state index contributed by atoms with van der Waals surface area (Å²) in [5.41, 5.74) is 0.296. The Morgan fingerprint density at radius 1 is 1.73 bits per heavy atom. The first-order valence-electron chi connectivity index (χ1n) is 4.43. The maximum absolute atomic E-state index is 11.5. The molecule has 0 fully saturated rings. The highest BCUT2D eigenvalue weighted by atomic mass is 35.5. The van der Waals surface area contributed by atoms with Crippen molar-refractivity contribution in [3.8, 4) is 6.07 Å². The van der Waals surface area contributed by atoms with Gasteiger partial charge in [-0.3, -0.25) is 4.79 Å². The number of carbonyl (C=O) groups is 1. The average molecular weight is 224 g/mol. The summed E-state index contributed by atoms with van der Waals surface area (Å²) in [5.74, 6) is -0.297. The maximum atomic E-state index is 11.5. The average Bonchev–Trinajstić information content (AvgIpc) is 2.18. The lowest BCUT2D eigenvalue weighted by Crippen LogP contribution is -2.32. The molecule has 1 amide bonds. The van der Waals surface area contributed by atoms with Gasteiger partial charge < -0.3 is 5.32 Å². The fourth-order valence-electron chi connectivity index (χ4n) is 0.996. The van der Waals surface area contributed by atoms with Crippen LogP contribution in [-0.4, -0.2) is 16.9 Å². The lowest BCUT2D eigenvalue weighted by atomic mass is 10.2. The number of nitriles is 1. The monoisotopic (exact) mass is 223 g/mol. The lowest BCUT2D eigenvalue weighted by molar-refractivity contribution is 0.0936. The van der Waals surface area contributed by atoms with Crippen molar-refractivity contribution in [2.75, 3.05) is 0 Å². The fraction of sp³-hybridized carbons (Fsp3) is 0.300. The molecular formula is C10H10ClN3O. The van der Waals surface area contributed by atoms with Crippen LogP contribution in [0.5, 0.6) is 0 Å². The molecule has 1 rings (SSSR count). The number of hydrogen-bond donors (Lipinski definition) is 1. The third-order valence-corrected chi connectivity index (χ3v) is 1.96. The molecule has 15 heavy (non-hydrogen) atoms. The van der Waals surface area contributed by atoms with Gasteiger partial charge in [0.15, 0.2) is 0 Å². The van der Waals surface area contributed by atoms with Crippen LogP contribution < -0.4 is 5.32 Å². The fourth-order valence-corrected chi connectivity index (χ4v) is 1.11. The second kappa shape index (κ2) is 5.32. The van der Waals surface area contributed by atoms with Crippen molar-refractivity contribution < 1.29 is 4.79 Å². The Hall–Kier alpha value is -1.60. The van der Waals surface area contributed by atoms with Gasteiger partial charge in [0.25, 0.3) is 5.91 Å². The molecule has 1 N–H and O–H groups in total. The summed E-state index contributed by atoms with van der Waals surface area (Å²) in [6, 6.07) is 4.93. The maximum Gasteiger partial charge on any atom is 0.270 e. The first-order chi connectivity index (χ1) is 7.13. The largest absolute Gasteiger partial charge is 0.347 e. The van der Waals surface area contributed by atoms with E-state index < -0.39 is 0 Å². The third-order valence-electron chi connectivity index (χ3n) is 1.73. The quantitative estimate of drug-likeness (QED) is 0.849. The Labute approximate surface area is 92.9 Å². The van der Waals surface area contributed by atoms with Crippen LogP contribution in [0, 0.1) is 11.3 Å². The van der Waals surface area contributed by atoms with E-state index >= 15 is 0 Å². The van der Waals surface area contributed by atoms with E-state index in [9.17, 15) is 4.79 Å². The molecule has 0 aromatic carbocycles. The Bertz CT molecular complexity index is 383. The van der Waals surface area contributed by atoms with E-state index in [1.165, 1.54) is 12.3 Å².